The number of benzene rings is 1. The Kier molecular flexibility index (Phi) is 1.62. The van der Waals surface area contributed by atoms with E-state index in [0.717, 1.165) is 12.5 Å². The first-order valence-electron chi connectivity index (χ1n) is 5.86. The lowest BCUT2D eigenvalue weighted by atomic mass is 9.95. The first kappa shape index (κ1) is 9.14. The van der Waals surface area contributed by atoms with E-state index in [-0.39, 0.29) is 0 Å². The quantitative estimate of drug-likeness (QED) is 0.814. The summed E-state index contributed by atoms with van der Waals surface area (Å²) >= 11 is 1.79. The molecule has 1 N–H and O–H groups in total. The second-order valence-corrected chi connectivity index (χ2v) is 6.34. The van der Waals surface area contributed by atoms with E-state index < -0.39 is 0 Å². The van der Waals surface area contributed by atoms with Gasteiger partial charge < -0.3 is 5.32 Å². The molecule has 1 saturated carbocycles. The zero-order chi connectivity index (χ0) is 10.8. The molecule has 4 rings (SSSR count). The number of piperidine rings is 1. The van der Waals surface area contributed by atoms with Gasteiger partial charge in [-0.05, 0) is 43.5 Å². The van der Waals surface area contributed by atoms with Crippen LogP contribution in [0.4, 0.5) is 0 Å². The molecule has 3 heteroatoms. The topological polar surface area (TPSA) is 24.9 Å². The summed E-state index contributed by atoms with van der Waals surface area (Å²) < 4.78 is 1.32. The minimum Gasteiger partial charge on any atom is -0.316 e. The van der Waals surface area contributed by atoms with Gasteiger partial charge in [0.1, 0.15) is 0 Å². The molecule has 2 atom stereocenters. The van der Waals surface area contributed by atoms with Crippen LogP contribution in [0.3, 0.4) is 0 Å². The Morgan fingerprint density at radius 2 is 2.44 bits per heavy atom. The maximum absolute atomic E-state index is 4.59. The molecule has 2 fully saturated rings. The summed E-state index contributed by atoms with van der Waals surface area (Å²) in [6.07, 6.45) is 1.37. The lowest BCUT2D eigenvalue weighted by Crippen LogP contribution is -2.19. The summed E-state index contributed by atoms with van der Waals surface area (Å²) in [5.41, 5.74) is 3.15. The SMILES string of the molecule is Cc1nc2cc([C@@]34CNC[C@H]3C4)ccc2s1. The van der Waals surface area contributed by atoms with E-state index in [1.807, 2.05) is 0 Å². The predicted octanol–water partition coefficient (Wildman–Crippen LogP) is 2.47. The largest absolute Gasteiger partial charge is 0.316 e. The van der Waals surface area contributed by atoms with Crippen molar-refractivity contribution in [1.82, 2.24) is 10.3 Å². The summed E-state index contributed by atoms with van der Waals surface area (Å²) in [6.45, 7) is 4.44. The Labute approximate surface area is 98.7 Å². The molecule has 0 spiro atoms. The van der Waals surface area contributed by atoms with Gasteiger partial charge in [0, 0.05) is 12.0 Å². The van der Waals surface area contributed by atoms with E-state index in [2.05, 4.69) is 35.4 Å². The van der Waals surface area contributed by atoms with Crippen molar-refractivity contribution < 1.29 is 0 Å². The Bertz CT molecular complexity index is 574. The molecule has 1 saturated heterocycles. The smallest absolute Gasteiger partial charge is 0.0907 e. The zero-order valence-electron chi connectivity index (χ0n) is 9.29. The fourth-order valence-corrected chi connectivity index (χ4v) is 3.95. The molecule has 2 aromatic rings. The molecule has 1 aliphatic heterocycles. The van der Waals surface area contributed by atoms with Crippen LogP contribution in [0.2, 0.25) is 0 Å². The molecule has 0 bridgehead atoms. The van der Waals surface area contributed by atoms with Gasteiger partial charge in [0.05, 0.1) is 15.2 Å². The molecule has 82 valence electrons. The molecule has 16 heavy (non-hydrogen) atoms. The Hall–Kier alpha value is -0.930. The summed E-state index contributed by atoms with van der Waals surface area (Å²) in [5.74, 6) is 0.879. The Morgan fingerprint density at radius 1 is 1.50 bits per heavy atom. The average molecular weight is 230 g/mol. The molecule has 2 heterocycles. The van der Waals surface area contributed by atoms with E-state index >= 15 is 0 Å². The van der Waals surface area contributed by atoms with Gasteiger partial charge in [0.2, 0.25) is 0 Å². The minimum absolute atomic E-state index is 0.464. The highest BCUT2D eigenvalue weighted by atomic mass is 32.1. The number of rotatable bonds is 1. The molecule has 2 nitrogen and oxygen atoms in total. The van der Waals surface area contributed by atoms with E-state index in [9.17, 15) is 0 Å². The summed E-state index contributed by atoms with van der Waals surface area (Å²) in [4.78, 5) is 4.59. The van der Waals surface area contributed by atoms with Crippen molar-refractivity contribution in [2.45, 2.75) is 18.8 Å². The molecule has 1 aromatic heterocycles. The highest BCUT2D eigenvalue weighted by Gasteiger charge is 2.57. The van der Waals surface area contributed by atoms with Gasteiger partial charge in [-0.25, -0.2) is 4.98 Å². The average Bonchev–Trinajstić information content (AvgIpc) is 2.68. The van der Waals surface area contributed by atoms with Crippen molar-refractivity contribution in [3.8, 4) is 0 Å². The van der Waals surface area contributed by atoms with Gasteiger partial charge in [-0.3, -0.25) is 0 Å². The number of nitrogens with zero attached hydrogens (tertiary/aromatic N) is 1. The van der Waals surface area contributed by atoms with Crippen molar-refractivity contribution in [2.24, 2.45) is 5.92 Å². The van der Waals surface area contributed by atoms with Gasteiger partial charge in [0.15, 0.2) is 0 Å². The number of aromatic nitrogens is 1. The van der Waals surface area contributed by atoms with Crippen LogP contribution < -0.4 is 5.32 Å². The maximum atomic E-state index is 4.59. The Morgan fingerprint density at radius 3 is 3.19 bits per heavy atom. The third kappa shape index (κ3) is 1.08. The van der Waals surface area contributed by atoms with Crippen molar-refractivity contribution in [3.63, 3.8) is 0 Å². The van der Waals surface area contributed by atoms with E-state index in [1.54, 1.807) is 11.3 Å². The summed E-state index contributed by atoms with van der Waals surface area (Å²) in [7, 11) is 0. The molecular weight excluding hydrogens is 216 g/mol. The van der Waals surface area contributed by atoms with Crippen LogP contribution in [-0.2, 0) is 5.41 Å². The maximum Gasteiger partial charge on any atom is 0.0907 e. The molecule has 2 aliphatic rings. The highest BCUT2D eigenvalue weighted by Crippen LogP contribution is 2.56. The first-order valence-corrected chi connectivity index (χ1v) is 6.68. The number of hydrogen-bond donors (Lipinski definition) is 1. The van der Waals surface area contributed by atoms with Crippen molar-refractivity contribution in [3.05, 3.63) is 28.8 Å². The van der Waals surface area contributed by atoms with Crippen LogP contribution in [0.1, 0.15) is 17.0 Å². The van der Waals surface area contributed by atoms with Crippen LogP contribution in [0.25, 0.3) is 10.2 Å². The number of nitrogens with one attached hydrogen (secondary N) is 1. The first-order chi connectivity index (χ1) is 7.78. The van der Waals surface area contributed by atoms with Crippen LogP contribution in [0, 0.1) is 12.8 Å². The van der Waals surface area contributed by atoms with Crippen molar-refractivity contribution >= 4 is 21.6 Å². The predicted molar refractivity (Wildman–Crippen MR) is 67.0 cm³/mol. The zero-order valence-corrected chi connectivity index (χ0v) is 10.1. The van der Waals surface area contributed by atoms with Crippen LogP contribution >= 0.6 is 11.3 Å². The molecule has 1 aromatic carbocycles. The summed E-state index contributed by atoms with van der Waals surface area (Å²) in [6, 6.07) is 6.87. The number of thiazole rings is 1. The van der Waals surface area contributed by atoms with Gasteiger partial charge in [-0.1, -0.05) is 6.07 Å². The fourth-order valence-electron chi connectivity index (χ4n) is 3.14. The lowest BCUT2D eigenvalue weighted by Gasteiger charge is -2.11. The van der Waals surface area contributed by atoms with Gasteiger partial charge >= 0.3 is 0 Å². The van der Waals surface area contributed by atoms with Crippen LogP contribution in [0.15, 0.2) is 18.2 Å². The minimum atomic E-state index is 0.464. The molecule has 1 aliphatic carbocycles. The molecule has 0 radical (unpaired) electrons. The number of fused-ring (bicyclic) bond motifs is 2. The monoisotopic (exact) mass is 230 g/mol. The third-order valence-electron chi connectivity index (χ3n) is 4.13. The van der Waals surface area contributed by atoms with Gasteiger partial charge in [0.25, 0.3) is 0 Å². The second kappa shape index (κ2) is 2.84. The lowest BCUT2D eigenvalue weighted by molar-refractivity contribution is 0.676. The van der Waals surface area contributed by atoms with Crippen LogP contribution in [0.5, 0.6) is 0 Å². The highest BCUT2D eigenvalue weighted by molar-refractivity contribution is 7.18. The van der Waals surface area contributed by atoms with E-state index in [1.165, 1.54) is 33.8 Å². The normalized spacial score (nSPS) is 31.9. The van der Waals surface area contributed by atoms with Gasteiger partial charge in [-0.2, -0.15) is 0 Å². The second-order valence-electron chi connectivity index (χ2n) is 5.10. The van der Waals surface area contributed by atoms with Crippen molar-refractivity contribution in [2.75, 3.05) is 13.1 Å². The van der Waals surface area contributed by atoms with Gasteiger partial charge in [-0.15, -0.1) is 11.3 Å². The summed E-state index contributed by atoms with van der Waals surface area (Å²) in [5, 5.41) is 4.66. The molecule has 0 unspecified atom stereocenters. The number of aryl methyl sites for hydroxylation is 1. The van der Waals surface area contributed by atoms with E-state index in [4.69, 9.17) is 0 Å². The van der Waals surface area contributed by atoms with E-state index in [0.29, 0.717) is 5.41 Å². The van der Waals surface area contributed by atoms with Crippen LogP contribution in [-0.4, -0.2) is 18.1 Å². The van der Waals surface area contributed by atoms with Crippen molar-refractivity contribution in [1.29, 1.82) is 0 Å². The Balaban J connectivity index is 1.86. The molecule has 0 amide bonds. The fraction of sp³-hybridized carbons (Fsp3) is 0.462. The third-order valence-corrected chi connectivity index (χ3v) is 5.08. The molecular formula is C13H14N2S. The standard InChI is InChI=1S/C13H14N2S/c1-8-15-11-4-9(2-3-12(11)16-8)13-5-10(13)6-14-7-13/h2-4,10,14H,5-7H2,1H3/t10-,13-/m1/s1. The number of hydrogen-bond acceptors (Lipinski definition) is 3.